The van der Waals surface area contributed by atoms with Crippen molar-refractivity contribution in [2.45, 2.75) is 116 Å². The lowest BCUT2D eigenvalue weighted by molar-refractivity contribution is -0.135. The van der Waals surface area contributed by atoms with E-state index in [0.717, 1.165) is 47.4 Å². The molecule has 1 aromatic carbocycles. The van der Waals surface area contributed by atoms with Gasteiger partial charge in [0.1, 0.15) is 5.84 Å². The number of hydrogen-bond acceptors (Lipinski definition) is 11. The Balaban J connectivity index is 1.23. The van der Waals surface area contributed by atoms with Gasteiger partial charge in [0.05, 0.1) is 34.3 Å². The van der Waals surface area contributed by atoms with Gasteiger partial charge in [-0.1, -0.05) is 63.7 Å². The molecule has 3 aliphatic rings. The SMILES string of the molecule is CC(=O)N/C(C)=C/N(N)C1CCC([B]N[C@H](C(=O)N2C[C@H](O)C[C@H]2C2=NC(C)(c3ccc(-c4scnc4C)cc3)ON2)C(C)(C)C)CC1. The minimum absolute atomic E-state index is 0.0805. The van der Waals surface area contributed by atoms with Crippen LogP contribution in [0.5, 0.6) is 0 Å². The zero-order chi connectivity index (χ0) is 34.8. The molecule has 48 heavy (non-hydrogen) atoms. The molecule has 2 amide bonds. The average Bonchev–Trinajstić information content (AvgIpc) is 3.74. The number of aliphatic imine (C=N–C) groups is 1. The van der Waals surface area contributed by atoms with E-state index in [-0.39, 0.29) is 30.2 Å². The average molecular weight is 678 g/mol. The maximum atomic E-state index is 14.3. The number of allylic oxidation sites excluding steroid dienone is 1. The summed E-state index contributed by atoms with van der Waals surface area (Å²) in [6, 6.07) is 7.34. The molecule has 2 aromatic rings. The zero-order valence-corrected chi connectivity index (χ0v) is 29.9. The number of nitrogens with zero attached hydrogens (tertiary/aromatic N) is 4. The van der Waals surface area contributed by atoms with E-state index in [1.807, 2.05) is 71.3 Å². The van der Waals surface area contributed by atoms with E-state index in [1.165, 1.54) is 6.92 Å². The normalized spacial score (nSPS) is 26.9. The maximum Gasteiger partial charge on any atom is 0.239 e. The number of hydroxylamine groups is 1. The number of amides is 2. The number of carbonyl (C=O) groups excluding carboxylic acids is 2. The van der Waals surface area contributed by atoms with E-state index in [2.05, 4.69) is 28.4 Å². The van der Waals surface area contributed by atoms with Crippen LogP contribution >= 0.6 is 11.3 Å². The Morgan fingerprint density at radius 3 is 2.52 bits per heavy atom. The number of likely N-dealkylation sites (tertiary alicyclic amines) is 1. The molecule has 6 N–H and O–H groups in total. The van der Waals surface area contributed by atoms with Crippen molar-refractivity contribution in [1.29, 1.82) is 0 Å². The van der Waals surface area contributed by atoms with E-state index >= 15 is 0 Å². The summed E-state index contributed by atoms with van der Waals surface area (Å²) in [5.41, 5.74) is 7.16. The first-order valence-electron chi connectivity index (χ1n) is 16.8. The number of β-amino-alcohol motifs (C(OH)–C–C–N with tert-alkyl or cyclic N) is 1. The van der Waals surface area contributed by atoms with Gasteiger partial charge in [0.2, 0.25) is 25.0 Å². The molecule has 0 bridgehead atoms. The first-order chi connectivity index (χ1) is 22.6. The first-order valence-corrected chi connectivity index (χ1v) is 17.6. The molecule has 259 valence electrons. The molecule has 1 aliphatic carbocycles. The number of thiazole rings is 1. The van der Waals surface area contributed by atoms with Crippen LogP contribution in [0, 0.1) is 12.3 Å². The first kappa shape index (κ1) is 36.0. The number of aliphatic hydroxyl groups is 1. The number of benzene rings is 1. The van der Waals surface area contributed by atoms with Crippen molar-refractivity contribution in [3.05, 3.63) is 52.9 Å². The Hall–Kier alpha value is -3.30. The van der Waals surface area contributed by atoms with Crippen molar-refractivity contribution in [2.24, 2.45) is 16.3 Å². The lowest BCUT2D eigenvalue weighted by Crippen LogP contribution is -2.57. The molecule has 4 atom stereocenters. The fourth-order valence-electron chi connectivity index (χ4n) is 6.81. The van der Waals surface area contributed by atoms with E-state index in [4.69, 9.17) is 15.7 Å². The molecular formula is C34H50BN8O4S. The van der Waals surface area contributed by atoms with Gasteiger partial charge in [-0.25, -0.2) is 26.1 Å². The third-order valence-electron chi connectivity index (χ3n) is 9.48. The highest BCUT2D eigenvalue weighted by molar-refractivity contribution is 7.13. The zero-order valence-electron chi connectivity index (χ0n) is 29.1. The molecular weight excluding hydrogens is 627 g/mol. The van der Waals surface area contributed by atoms with Crippen LogP contribution < -0.4 is 21.9 Å². The topological polar surface area (TPSA) is 157 Å². The number of rotatable bonds is 10. The minimum atomic E-state index is -0.981. The standard InChI is InChI=1S/C34H50BN8O4S/c1-20(38-22(3)44)17-43(36)26-14-12-25(13-15-26)35-40-30(33(4,5)6)32(46)42-18-27(45)16-28(42)31-39-34(7,47-41-31)24-10-8-23(9-11-24)29-21(2)37-19-48-29/h8-11,17,19,25-28,30,40,45H,12-16,18,36H2,1-7H3,(H,38,44)(H,39,41)/b20-17+/t25?,26?,27-,28+,30-,34?/m1/s1. The Kier molecular flexibility index (Phi) is 11.0. The molecule has 1 saturated carbocycles. The van der Waals surface area contributed by atoms with Crippen LogP contribution in [0.25, 0.3) is 10.4 Å². The van der Waals surface area contributed by atoms with Gasteiger partial charge in [0.25, 0.3) is 0 Å². The van der Waals surface area contributed by atoms with Crippen molar-refractivity contribution in [2.75, 3.05) is 6.54 Å². The summed E-state index contributed by atoms with van der Waals surface area (Å²) in [6.45, 7) is 13.6. The summed E-state index contributed by atoms with van der Waals surface area (Å²) in [4.78, 5) is 43.8. The second kappa shape index (κ2) is 14.7. The largest absolute Gasteiger partial charge is 0.391 e. The van der Waals surface area contributed by atoms with Crippen LogP contribution in [0.2, 0.25) is 5.82 Å². The molecule has 0 spiro atoms. The van der Waals surface area contributed by atoms with Gasteiger partial charge in [-0.3, -0.25) is 9.59 Å². The quantitative estimate of drug-likeness (QED) is 0.144. The Morgan fingerprint density at radius 2 is 1.92 bits per heavy atom. The summed E-state index contributed by atoms with van der Waals surface area (Å²) < 4.78 is 0. The van der Waals surface area contributed by atoms with Crippen LogP contribution in [0.1, 0.15) is 84.9 Å². The Labute approximate surface area is 288 Å². The lowest BCUT2D eigenvalue weighted by Gasteiger charge is -2.38. The molecule has 14 heteroatoms. The summed E-state index contributed by atoms with van der Waals surface area (Å²) in [5.74, 6) is 6.92. The number of aryl methyl sites for hydroxylation is 1. The molecule has 1 aromatic heterocycles. The summed E-state index contributed by atoms with van der Waals surface area (Å²) in [6.07, 6.45) is 5.13. The van der Waals surface area contributed by atoms with E-state index in [0.29, 0.717) is 18.0 Å². The van der Waals surface area contributed by atoms with Crippen LogP contribution in [0.3, 0.4) is 0 Å². The van der Waals surface area contributed by atoms with Gasteiger partial charge >= 0.3 is 0 Å². The van der Waals surface area contributed by atoms with Crippen LogP contribution in [0.4, 0.5) is 0 Å². The number of hydrogen-bond donors (Lipinski definition) is 5. The minimum Gasteiger partial charge on any atom is -0.391 e. The second-order valence-electron chi connectivity index (χ2n) is 14.6. The predicted octanol–water partition coefficient (Wildman–Crippen LogP) is 3.71. The third kappa shape index (κ3) is 8.28. The van der Waals surface area contributed by atoms with Gasteiger partial charge in [-0.15, -0.1) is 11.3 Å². The second-order valence-corrected chi connectivity index (χ2v) is 15.4. The fourth-order valence-corrected chi connectivity index (χ4v) is 7.63. The Morgan fingerprint density at radius 1 is 1.23 bits per heavy atom. The number of aromatic nitrogens is 1. The van der Waals surface area contributed by atoms with E-state index in [9.17, 15) is 14.7 Å². The molecule has 5 rings (SSSR count). The van der Waals surface area contributed by atoms with Crippen LogP contribution in [-0.4, -0.2) is 75.8 Å². The molecule has 2 fully saturated rings. The Bertz CT molecular complexity index is 1520. The lowest BCUT2D eigenvalue weighted by atomic mass is 9.65. The van der Waals surface area contributed by atoms with Crippen molar-refractivity contribution >= 4 is 36.4 Å². The highest BCUT2D eigenvalue weighted by Crippen LogP contribution is 2.36. The molecule has 1 saturated heterocycles. The number of hydrazine groups is 1. The number of amidine groups is 1. The van der Waals surface area contributed by atoms with E-state index in [1.54, 1.807) is 27.4 Å². The monoisotopic (exact) mass is 677 g/mol. The van der Waals surface area contributed by atoms with Gasteiger partial charge in [-0.2, -0.15) is 0 Å². The molecule has 3 heterocycles. The third-order valence-corrected chi connectivity index (χ3v) is 10.5. The number of nitrogens with one attached hydrogen (secondary N) is 3. The number of aliphatic hydroxyl groups excluding tert-OH is 1. The maximum absolute atomic E-state index is 14.3. The molecule has 1 unspecified atom stereocenters. The number of carbonyl (C=O) groups is 2. The van der Waals surface area contributed by atoms with Crippen LogP contribution in [-0.2, 0) is 20.2 Å². The van der Waals surface area contributed by atoms with E-state index < -0.39 is 29.3 Å². The summed E-state index contributed by atoms with van der Waals surface area (Å²) in [7, 11) is 2.08. The van der Waals surface area contributed by atoms with Gasteiger partial charge in [0.15, 0.2) is 0 Å². The fraction of sp³-hybridized carbons (Fsp3) is 0.588. The van der Waals surface area contributed by atoms with Gasteiger partial charge in [0, 0.05) is 43.4 Å². The summed E-state index contributed by atoms with van der Waals surface area (Å²) >= 11 is 1.61. The molecule has 2 aliphatic heterocycles. The highest BCUT2D eigenvalue weighted by Gasteiger charge is 2.46. The smallest absolute Gasteiger partial charge is 0.239 e. The van der Waals surface area contributed by atoms with Crippen molar-refractivity contribution in [1.82, 2.24) is 30.9 Å². The van der Waals surface area contributed by atoms with Gasteiger partial charge < -0.3 is 25.6 Å². The van der Waals surface area contributed by atoms with Crippen molar-refractivity contribution in [3.8, 4) is 10.4 Å². The number of nitrogens with two attached hydrogens (primary N) is 1. The highest BCUT2D eigenvalue weighted by atomic mass is 32.1. The predicted molar refractivity (Wildman–Crippen MR) is 189 cm³/mol. The molecule has 12 nitrogen and oxygen atoms in total. The van der Waals surface area contributed by atoms with Gasteiger partial charge in [-0.05, 0) is 44.6 Å². The van der Waals surface area contributed by atoms with Crippen molar-refractivity contribution < 1.29 is 19.5 Å². The summed E-state index contributed by atoms with van der Waals surface area (Å²) in [5, 5.41) is 18.7. The molecule has 1 radical (unpaired) electrons. The van der Waals surface area contributed by atoms with Crippen molar-refractivity contribution in [3.63, 3.8) is 0 Å². The van der Waals surface area contributed by atoms with Crippen LogP contribution in [0.15, 0.2) is 46.7 Å².